The Morgan fingerprint density at radius 3 is 2.36 bits per heavy atom. The van der Waals surface area contributed by atoms with Crippen LogP contribution in [0.1, 0.15) is 94.7 Å². The zero-order valence-corrected chi connectivity index (χ0v) is 29.3. The van der Waals surface area contributed by atoms with E-state index in [0.717, 1.165) is 86.8 Å². The zero-order valence-electron chi connectivity index (χ0n) is 29.3. The van der Waals surface area contributed by atoms with Crippen LogP contribution >= 0.6 is 0 Å². The smallest absolute Gasteiger partial charge is 0.256 e. The number of nitrogens with zero attached hydrogens (tertiary/aromatic N) is 3. The summed E-state index contributed by atoms with van der Waals surface area (Å²) in [7, 11) is 1.53. The number of hydrogen-bond donors (Lipinski definition) is 2. The molecule has 2 aromatic heterocycles. The Kier molecular flexibility index (Phi) is 14.4. The van der Waals surface area contributed by atoms with Gasteiger partial charge in [0.05, 0.1) is 31.3 Å². The third-order valence-electron chi connectivity index (χ3n) is 9.21. The molecule has 1 aromatic carbocycles. The van der Waals surface area contributed by atoms with Crippen molar-refractivity contribution in [1.82, 2.24) is 20.1 Å². The minimum Gasteiger partial charge on any atom is -0.496 e. The molecule has 2 saturated heterocycles. The maximum atomic E-state index is 14.2. The molecule has 4 heterocycles. The molecule has 10 heteroatoms. The predicted molar refractivity (Wildman–Crippen MR) is 192 cm³/mol. The van der Waals surface area contributed by atoms with Gasteiger partial charge in [0.25, 0.3) is 11.5 Å². The van der Waals surface area contributed by atoms with Crippen LogP contribution in [-0.4, -0.2) is 85.8 Å². The molecule has 0 saturated carbocycles. The molecule has 2 fully saturated rings. The number of furan rings is 1. The average Bonchev–Trinajstić information content (AvgIpc) is 3.46. The Morgan fingerprint density at radius 1 is 1.09 bits per heavy atom. The molecule has 2 N–H and O–H groups in total. The van der Waals surface area contributed by atoms with Crippen molar-refractivity contribution in [2.45, 2.75) is 100 Å². The van der Waals surface area contributed by atoms with Gasteiger partial charge >= 0.3 is 0 Å². The molecule has 47 heavy (non-hydrogen) atoms. The number of aryl methyl sites for hydroxylation is 1. The van der Waals surface area contributed by atoms with Crippen LogP contribution in [0.2, 0.25) is 0 Å². The van der Waals surface area contributed by atoms with E-state index in [9.17, 15) is 9.59 Å². The lowest BCUT2D eigenvalue weighted by Crippen LogP contribution is -2.48. The summed E-state index contributed by atoms with van der Waals surface area (Å²) in [5, 5.41) is 3.86. The second kappa shape index (κ2) is 17.7. The van der Waals surface area contributed by atoms with Gasteiger partial charge in [-0.25, -0.2) is 0 Å². The number of fused-ring (bicyclic) bond motifs is 1. The number of pyridine rings is 1. The molecule has 10 nitrogen and oxygen atoms in total. The Bertz CT molecular complexity index is 1500. The summed E-state index contributed by atoms with van der Waals surface area (Å²) < 4.78 is 17.7. The highest BCUT2D eigenvalue weighted by atomic mass is 16.5. The van der Waals surface area contributed by atoms with Crippen LogP contribution in [0.25, 0.3) is 11.0 Å². The van der Waals surface area contributed by atoms with Crippen molar-refractivity contribution in [1.29, 1.82) is 0 Å². The monoisotopic (exact) mass is 653 g/mol. The summed E-state index contributed by atoms with van der Waals surface area (Å²) in [6.07, 6.45) is 2.57. The van der Waals surface area contributed by atoms with E-state index < -0.39 is 0 Å². The molecule has 2 aliphatic rings. The molecule has 3 aromatic rings. The molecular formula is C37H59N5O5. The number of rotatable bonds is 11. The summed E-state index contributed by atoms with van der Waals surface area (Å²) in [5.41, 5.74) is 4.19. The van der Waals surface area contributed by atoms with Crippen molar-refractivity contribution >= 4 is 22.6 Å². The van der Waals surface area contributed by atoms with Crippen molar-refractivity contribution < 1.29 is 18.7 Å². The van der Waals surface area contributed by atoms with Crippen LogP contribution in [0.5, 0.6) is 5.75 Å². The van der Waals surface area contributed by atoms with E-state index in [1.807, 2.05) is 19.9 Å². The third-order valence-corrected chi connectivity index (χ3v) is 9.21. The number of methoxy groups -OCH3 is 1. The molecule has 0 atom stereocenters. The van der Waals surface area contributed by atoms with Crippen LogP contribution in [0.4, 0.5) is 5.69 Å². The van der Waals surface area contributed by atoms with Gasteiger partial charge in [-0.05, 0) is 64.7 Å². The number of H-pyrrole nitrogens is 1. The summed E-state index contributed by atoms with van der Waals surface area (Å²) in [6, 6.07) is 6.83. The molecule has 0 bridgehead atoms. The first kappa shape index (κ1) is 38.1. The van der Waals surface area contributed by atoms with Crippen molar-refractivity contribution in [3.05, 3.63) is 56.7 Å². The van der Waals surface area contributed by atoms with Crippen molar-refractivity contribution in [3.63, 3.8) is 0 Å². The molecule has 262 valence electrons. The Labute approximate surface area is 281 Å². The molecule has 0 aliphatic carbocycles. The van der Waals surface area contributed by atoms with Gasteiger partial charge in [-0.15, -0.1) is 0 Å². The highest BCUT2D eigenvalue weighted by Gasteiger charge is 2.28. The number of nitrogens with one attached hydrogen (secondary N) is 2. The number of anilines is 1. The summed E-state index contributed by atoms with van der Waals surface area (Å²) >= 11 is 0. The highest BCUT2D eigenvalue weighted by Crippen LogP contribution is 2.37. The fraction of sp³-hybridized carbons (Fsp3) is 0.622. The number of carbonyl (C=O) groups is 1. The van der Waals surface area contributed by atoms with Crippen LogP contribution in [0.15, 0.2) is 27.4 Å². The Balaban J connectivity index is 0.00000196. The maximum absolute atomic E-state index is 14.2. The van der Waals surface area contributed by atoms with Crippen LogP contribution in [0, 0.1) is 6.92 Å². The number of carbonyl (C=O) groups excluding carboxylic acids is 1. The quantitative estimate of drug-likeness (QED) is 0.255. The second-order valence-corrected chi connectivity index (χ2v) is 12.3. The van der Waals surface area contributed by atoms with Crippen molar-refractivity contribution in [3.8, 4) is 5.75 Å². The number of amides is 1. The zero-order chi connectivity index (χ0) is 33.4. The van der Waals surface area contributed by atoms with Gasteiger partial charge in [0.1, 0.15) is 17.1 Å². The van der Waals surface area contributed by atoms with E-state index in [2.05, 4.69) is 58.8 Å². The fourth-order valence-electron chi connectivity index (χ4n) is 6.79. The first-order chi connectivity index (χ1) is 22.2. The maximum Gasteiger partial charge on any atom is 0.256 e. The molecule has 2 aliphatic heterocycles. The topological polar surface area (TPSA) is 103 Å². The van der Waals surface area contributed by atoms with Crippen LogP contribution < -0.4 is 20.5 Å². The number of ether oxygens (including phenoxy) is 2. The minimum absolute atomic E-state index is 0. The van der Waals surface area contributed by atoms with Crippen LogP contribution in [0.3, 0.4) is 0 Å². The number of hydrogen-bond acceptors (Lipinski definition) is 8. The minimum atomic E-state index is -0.267. The van der Waals surface area contributed by atoms with E-state index >= 15 is 0 Å². The lowest BCUT2D eigenvalue weighted by Gasteiger charge is -2.37. The number of benzene rings is 1. The van der Waals surface area contributed by atoms with Gasteiger partial charge < -0.3 is 29.1 Å². The highest BCUT2D eigenvalue weighted by molar-refractivity contribution is 6.09. The van der Waals surface area contributed by atoms with Gasteiger partial charge in [-0.2, -0.15) is 0 Å². The number of aromatic amines is 1. The van der Waals surface area contributed by atoms with Crippen molar-refractivity contribution in [2.75, 3.05) is 57.9 Å². The summed E-state index contributed by atoms with van der Waals surface area (Å²) in [4.78, 5) is 37.1. The Hall–Kier alpha value is -3.34. The second-order valence-electron chi connectivity index (χ2n) is 12.3. The average molecular weight is 654 g/mol. The summed E-state index contributed by atoms with van der Waals surface area (Å²) in [5.74, 6) is 1.09. The van der Waals surface area contributed by atoms with E-state index in [1.165, 1.54) is 7.11 Å². The summed E-state index contributed by atoms with van der Waals surface area (Å²) in [6.45, 7) is 21.6. The van der Waals surface area contributed by atoms with Gasteiger partial charge in [0.2, 0.25) is 0 Å². The SMILES string of the molecule is C.CC.CCc1c(N(CC)C2CCOCC2)cc2oc(CN3CCN(C(C)C)CC3)cc2c1C(=O)NCc1c(OC)cc(C)[nH]c1=O. The standard InChI is InChI=1S/C34H49N5O5.C2H6.CH4/c1-7-26-29(39(8-2)24-9-15-43-16-10-24)19-31-27(18-25(44-31)21-37-11-13-38(14-12-37)22(3)4)32(26)34(41)35-20-28-30(42-6)17-23(5)36-33(28)40;1-2;/h17-19,22,24H,7-16,20-21H2,1-6H3,(H,35,41)(H,36,40);1-2H3;1H4. The molecule has 0 spiro atoms. The van der Waals surface area contributed by atoms with Crippen molar-refractivity contribution in [2.24, 2.45) is 0 Å². The van der Waals surface area contributed by atoms with E-state index in [1.54, 1.807) is 13.0 Å². The van der Waals surface area contributed by atoms with E-state index in [0.29, 0.717) is 47.6 Å². The molecular weight excluding hydrogens is 594 g/mol. The lowest BCUT2D eigenvalue weighted by atomic mass is 9.95. The van der Waals surface area contributed by atoms with Gasteiger partial charge in [-0.3, -0.25) is 19.4 Å². The fourth-order valence-corrected chi connectivity index (χ4v) is 6.79. The number of aromatic nitrogens is 1. The van der Waals surface area contributed by atoms with E-state index in [-0.39, 0.29) is 25.4 Å². The molecule has 0 radical (unpaired) electrons. The third kappa shape index (κ3) is 8.77. The molecule has 1 amide bonds. The first-order valence-electron chi connectivity index (χ1n) is 17.2. The van der Waals surface area contributed by atoms with Gasteiger partial charge in [0.15, 0.2) is 0 Å². The molecule has 5 rings (SSSR count). The molecule has 0 unspecified atom stereocenters. The van der Waals surface area contributed by atoms with E-state index in [4.69, 9.17) is 13.9 Å². The lowest BCUT2D eigenvalue weighted by molar-refractivity contribution is 0.0845. The van der Waals surface area contributed by atoms with Crippen LogP contribution in [-0.2, 0) is 24.2 Å². The van der Waals surface area contributed by atoms with Gasteiger partial charge in [0, 0.05) is 80.9 Å². The number of piperazine rings is 1. The van der Waals surface area contributed by atoms with Gasteiger partial charge in [-0.1, -0.05) is 28.2 Å². The predicted octanol–water partition coefficient (Wildman–Crippen LogP) is 6.12. The normalized spacial score (nSPS) is 16.0. The largest absolute Gasteiger partial charge is 0.496 e. The first-order valence-corrected chi connectivity index (χ1v) is 17.2. The Morgan fingerprint density at radius 2 is 1.77 bits per heavy atom.